The van der Waals surface area contributed by atoms with Gasteiger partial charge in [0.2, 0.25) is 0 Å². The van der Waals surface area contributed by atoms with E-state index in [9.17, 15) is 14.7 Å². The number of carbonyl (C=O) groups is 2. The predicted molar refractivity (Wildman–Crippen MR) is 86.1 cm³/mol. The summed E-state index contributed by atoms with van der Waals surface area (Å²) in [4.78, 5) is 25.0. The molecule has 0 bridgehead atoms. The average molecular weight is 332 g/mol. The zero-order valence-electron chi connectivity index (χ0n) is 13.0. The summed E-state index contributed by atoms with van der Waals surface area (Å²) in [6, 6.07) is 10.7. The molecule has 0 spiro atoms. The second-order valence-electron chi connectivity index (χ2n) is 4.73. The SMILES string of the molecule is COC(=O)c1ccc(Sc2ccc(C)cc2)c(O)c1C(=O)OC. The van der Waals surface area contributed by atoms with Gasteiger partial charge in [-0.25, -0.2) is 9.59 Å². The summed E-state index contributed by atoms with van der Waals surface area (Å²) >= 11 is 1.28. The number of phenolic OH excluding ortho intramolecular Hbond substituents is 1. The number of methoxy groups -OCH3 is 2. The van der Waals surface area contributed by atoms with Gasteiger partial charge in [0.25, 0.3) is 0 Å². The maximum atomic E-state index is 11.9. The summed E-state index contributed by atoms with van der Waals surface area (Å²) in [6.45, 7) is 1.98. The molecule has 0 aromatic heterocycles. The Labute approximate surface area is 138 Å². The maximum absolute atomic E-state index is 11.9. The predicted octanol–water partition coefficient (Wildman–Crippen LogP) is 3.43. The molecule has 0 heterocycles. The van der Waals surface area contributed by atoms with Crippen molar-refractivity contribution in [3.63, 3.8) is 0 Å². The summed E-state index contributed by atoms with van der Waals surface area (Å²) < 4.78 is 9.29. The molecule has 0 atom stereocenters. The normalized spacial score (nSPS) is 10.2. The number of benzene rings is 2. The zero-order valence-corrected chi connectivity index (χ0v) is 13.8. The van der Waals surface area contributed by atoms with Crippen LogP contribution in [0.1, 0.15) is 26.3 Å². The molecule has 2 aromatic rings. The average Bonchev–Trinajstić information content (AvgIpc) is 2.57. The number of hydrogen-bond donors (Lipinski definition) is 1. The lowest BCUT2D eigenvalue weighted by Gasteiger charge is -2.12. The number of hydrogen-bond acceptors (Lipinski definition) is 6. The van der Waals surface area contributed by atoms with Gasteiger partial charge in [0.1, 0.15) is 11.3 Å². The standard InChI is InChI=1S/C17H16O5S/c1-10-4-6-11(7-5-10)23-13-9-8-12(16(19)21-2)14(15(13)18)17(20)22-3/h4-9,18H,1-3H3. The Bertz CT molecular complexity index is 737. The van der Waals surface area contributed by atoms with Gasteiger partial charge in [-0.1, -0.05) is 29.5 Å². The van der Waals surface area contributed by atoms with Crippen LogP contribution in [0.15, 0.2) is 46.2 Å². The van der Waals surface area contributed by atoms with E-state index in [-0.39, 0.29) is 16.9 Å². The quantitative estimate of drug-likeness (QED) is 0.865. The molecule has 120 valence electrons. The van der Waals surface area contributed by atoms with Crippen molar-refractivity contribution in [1.82, 2.24) is 0 Å². The molecule has 2 aromatic carbocycles. The van der Waals surface area contributed by atoms with E-state index in [2.05, 4.69) is 9.47 Å². The highest BCUT2D eigenvalue weighted by Crippen LogP contribution is 2.38. The van der Waals surface area contributed by atoms with Crippen molar-refractivity contribution >= 4 is 23.7 Å². The molecule has 6 heteroatoms. The Morgan fingerprint density at radius 3 is 2.13 bits per heavy atom. The molecule has 0 aliphatic heterocycles. The van der Waals surface area contributed by atoms with Crippen molar-refractivity contribution in [3.8, 4) is 5.75 Å². The van der Waals surface area contributed by atoms with Crippen LogP contribution in [0.2, 0.25) is 0 Å². The molecule has 0 aliphatic rings. The minimum absolute atomic E-state index is 0.0369. The highest BCUT2D eigenvalue weighted by molar-refractivity contribution is 7.99. The molecule has 0 aliphatic carbocycles. The van der Waals surface area contributed by atoms with E-state index in [1.807, 2.05) is 31.2 Å². The van der Waals surface area contributed by atoms with Gasteiger partial charge < -0.3 is 14.6 Å². The lowest BCUT2D eigenvalue weighted by Crippen LogP contribution is -2.12. The topological polar surface area (TPSA) is 72.8 Å². The van der Waals surface area contributed by atoms with Crippen LogP contribution in [-0.2, 0) is 9.47 Å². The molecule has 0 amide bonds. The van der Waals surface area contributed by atoms with E-state index in [1.165, 1.54) is 32.0 Å². The first-order valence-electron chi connectivity index (χ1n) is 6.75. The number of phenols is 1. The van der Waals surface area contributed by atoms with Crippen molar-refractivity contribution in [3.05, 3.63) is 53.1 Å². The number of carbonyl (C=O) groups excluding carboxylic acids is 2. The van der Waals surface area contributed by atoms with Gasteiger partial charge in [0.15, 0.2) is 0 Å². The van der Waals surface area contributed by atoms with Gasteiger partial charge in [-0.15, -0.1) is 0 Å². The number of aromatic hydroxyl groups is 1. The summed E-state index contributed by atoms with van der Waals surface area (Å²) in [5, 5.41) is 10.4. The van der Waals surface area contributed by atoms with Crippen LogP contribution < -0.4 is 0 Å². The highest BCUT2D eigenvalue weighted by atomic mass is 32.2. The van der Waals surface area contributed by atoms with Crippen LogP contribution in [0, 0.1) is 6.92 Å². The summed E-state index contributed by atoms with van der Waals surface area (Å²) in [5.41, 5.74) is 0.886. The van der Waals surface area contributed by atoms with Gasteiger partial charge in [0, 0.05) is 4.90 Å². The third kappa shape index (κ3) is 3.65. The second kappa shape index (κ2) is 7.19. The fraction of sp³-hybridized carbons (Fsp3) is 0.176. The van der Waals surface area contributed by atoms with Crippen LogP contribution in [0.3, 0.4) is 0 Å². The van der Waals surface area contributed by atoms with Gasteiger partial charge in [-0.05, 0) is 31.2 Å². The smallest absolute Gasteiger partial charge is 0.342 e. The van der Waals surface area contributed by atoms with Crippen LogP contribution in [0.5, 0.6) is 5.75 Å². The van der Waals surface area contributed by atoms with Crippen LogP contribution >= 0.6 is 11.8 Å². The van der Waals surface area contributed by atoms with Crippen molar-refractivity contribution < 1.29 is 24.2 Å². The highest BCUT2D eigenvalue weighted by Gasteiger charge is 2.25. The van der Waals surface area contributed by atoms with E-state index in [0.717, 1.165) is 10.5 Å². The maximum Gasteiger partial charge on any atom is 0.342 e. The third-order valence-electron chi connectivity index (χ3n) is 3.18. The first kappa shape index (κ1) is 16.9. The molecule has 23 heavy (non-hydrogen) atoms. The minimum Gasteiger partial charge on any atom is -0.506 e. The van der Waals surface area contributed by atoms with Crippen molar-refractivity contribution in [2.75, 3.05) is 14.2 Å². The van der Waals surface area contributed by atoms with E-state index < -0.39 is 11.9 Å². The van der Waals surface area contributed by atoms with Crippen molar-refractivity contribution in [1.29, 1.82) is 0 Å². The number of rotatable bonds is 4. The minimum atomic E-state index is -0.797. The Morgan fingerprint density at radius 1 is 0.957 bits per heavy atom. The number of aryl methyl sites for hydroxylation is 1. The molecule has 2 rings (SSSR count). The Kier molecular flexibility index (Phi) is 5.28. The first-order chi connectivity index (χ1) is 11.0. The third-order valence-corrected chi connectivity index (χ3v) is 4.24. The molecular weight excluding hydrogens is 316 g/mol. The van der Waals surface area contributed by atoms with Crippen LogP contribution in [-0.4, -0.2) is 31.3 Å². The fourth-order valence-corrected chi connectivity index (χ4v) is 2.84. The Morgan fingerprint density at radius 2 is 1.57 bits per heavy atom. The molecular formula is C17H16O5S. The second-order valence-corrected chi connectivity index (χ2v) is 5.85. The van der Waals surface area contributed by atoms with Crippen LogP contribution in [0.4, 0.5) is 0 Å². The lowest BCUT2D eigenvalue weighted by molar-refractivity contribution is 0.0551. The van der Waals surface area contributed by atoms with E-state index in [1.54, 1.807) is 6.07 Å². The molecule has 5 nitrogen and oxygen atoms in total. The Hall–Kier alpha value is -2.47. The molecule has 1 N–H and O–H groups in total. The zero-order chi connectivity index (χ0) is 17.0. The monoisotopic (exact) mass is 332 g/mol. The van der Waals surface area contributed by atoms with Gasteiger partial charge in [-0.3, -0.25) is 0 Å². The largest absolute Gasteiger partial charge is 0.506 e. The summed E-state index contributed by atoms with van der Waals surface area (Å²) in [6.07, 6.45) is 0. The molecule has 0 saturated carbocycles. The van der Waals surface area contributed by atoms with E-state index >= 15 is 0 Å². The van der Waals surface area contributed by atoms with Gasteiger partial charge in [-0.2, -0.15) is 0 Å². The Balaban J connectivity index is 2.47. The molecule has 0 radical (unpaired) electrons. The van der Waals surface area contributed by atoms with Crippen LogP contribution in [0.25, 0.3) is 0 Å². The molecule has 0 fully saturated rings. The first-order valence-corrected chi connectivity index (χ1v) is 7.56. The van der Waals surface area contributed by atoms with E-state index in [0.29, 0.717) is 4.90 Å². The fourth-order valence-electron chi connectivity index (χ4n) is 1.98. The summed E-state index contributed by atoms with van der Waals surface area (Å²) in [7, 11) is 2.39. The number of esters is 2. The lowest BCUT2D eigenvalue weighted by atomic mass is 10.1. The van der Waals surface area contributed by atoms with Gasteiger partial charge in [0.05, 0.1) is 24.7 Å². The summed E-state index contributed by atoms with van der Waals surface area (Å²) in [5.74, 6) is -1.81. The molecule has 0 unspecified atom stereocenters. The van der Waals surface area contributed by atoms with Gasteiger partial charge >= 0.3 is 11.9 Å². The van der Waals surface area contributed by atoms with E-state index in [4.69, 9.17) is 0 Å². The van der Waals surface area contributed by atoms with Crippen molar-refractivity contribution in [2.24, 2.45) is 0 Å². The molecule has 0 saturated heterocycles. The number of ether oxygens (including phenoxy) is 2. The van der Waals surface area contributed by atoms with Crippen molar-refractivity contribution in [2.45, 2.75) is 16.7 Å².